The first kappa shape index (κ1) is 39.6. The van der Waals surface area contributed by atoms with Crippen LogP contribution in [0.5, 0.6) is 0 Å². The van der Waals surface area contributed by atoms with E-state index in [2.05, 4.69) is 26.6 Å². The third-order valence-electron chi connectivity index (χ3n) is 5.87. The normalized spacial score (nSPS) is 14.9. The second-order valence-corrected chi connectivity index (χ2v) is 10.4. The van der Waals surface area contributed by atoms with Crippen molar-refractivity contribution in [2.45, 2.75) is 83.2 Å². The maximum atomic E-state index is 13.1. The number of carbonyl (C=O) groups excluding carboxylic acids is 7. The quantitative estimate of drug-likeness (QED) is 0.0598. The SMILES string of the molecule is CC(C)C[C@H](NC(=O)CNC(=O)[C@H](CO)NC(=O)[C@H](C)NC(=O)[C@H](C)N)C(=O)N[C@@H](CCC(N)=O)C(=O)N[C@@H](CO)C(=O)O. The summed E-state index contributed by atoms with van der Waals surface area (Å²) in [5, 5.41) is 41.3. The van der Waals surface area contributed by atoms with Crippen LogP contribution in [0.3, 0.4) is 0 Å². The van der Waals surface area contributed by atoms with Gasteiger partial charge in [-0.1, -0.05) is 13.8 Å². The van der Waals surface area contributed by atoms with Crippen molar-refractivity contribution in [3.8, 4) is 0 Å². The van der Waals surface area contributed by atoms with Crippen molar-refractivity contribution in [3.63, 3.8) is 0 Å². The fourth-order valence-corrected chi connectivity index (χ4v) is 3.43. The van der Waals surface area contributed by atoms with Gasteiger partial charge in [0.15, 0.2) is 0 Å². The van der Waals surface area contributed by atoms with Crippen molar-refractivity contribution in [1.82, 2.24) is 31.9 Å². The van der Waals surface area contributed by atoms with Crippen LogP contribution in [0.4, 0.5) is 0 Å². The van der Waals surface area contributed by atoms with Crippen molar-refractivity contribution in [2.75, 3.05) is 19.8 Å². The van der Waals surface area contributed by atoms with Gasteiger partial charge in [-0.2, -0.15) is 0 Å². The zero-order valence-corrected chi connectivity index (χ0v) is 25.0. The van der Waals surface area contributed by atoms with Gasteiger partial charge in [-0.15, -0.1) is 0 Å². The lowest BCUT2D eigenvalue weighted by Gasteiger charge is -2.25. The first-order chi connectivity index (χ1) is 20.4. The highest BCUT2D eigenvalue weighted by Crippen LogP contribution is 2.07. The highest BCUT2D eigenvalue weighted by atomic mass is 16.4. The zero-order chi connectivity index (χ0) is 34.1. The molecule has 0 rings (SSSR count). The molecule has 0 aliphatic rings. The van der Waals surface area contributed by atoms with Crippen LogP contribution in [0.2, 0.25) is 0 Å². The number of aliphatic hydroxyl groups is 2. The molecular weight excluding hydrogens is 588 g/mol. The summed E-state index contributed by atoms with van der Waals surface area (Å²) in [6.07, 6.45) is -0.613. The molecule has 7 amide bonds. The number of rotatable bonds is 20. The van der Waals surface area contributed by atoms with Gasteiger partial charge in [-0.3, -0.25) is 33.6 Å². The molecule has 0 radical (unpaired) electrons. The predicted octanol–water partition coefficient (Wildman–Crippen LogP) is -5.73. The van der Waals surface area contributed by atoms with Crippen LogP contribution in [0.15, 0.2) is 0 Å². The Bertz CT molecular complexity index is 1050. The number of hydrogen-bond acceptors (Lipinski definition) is 11. The highest BCUT2D eigenvalue weighted by molar-refractivity contribution is 5.96. The highest BCUT2D eigenvalue weighted by Gasteiger charge is 2.30. The monoisotopic (exact) mass is 632 g/mol. The Hall–Kier alpha value is -4.36. The van der Waals surface area contributed by atoms with E-state index in [1.807, 2.05) is 5.32 Å². The fourth-order valence-electron chi connectivity index (χ4n) is 3.43. The molecule has 0 aliphatic heterocycles. The van der Waals surface area contributed by atoms with Gasteiger partial charge in [0.25, 0.3) is 0 Å². The van der Waals surface area contributed by atoms with Crippen molar-refractivity contribution in [1.29, 1.82) is 0 Å². The summed E-state index contributed by atoms with van der Waals surface area (Å²) >= 11 is 0. The van der Waals surface area contributed by atoms with Gasteiger partial charge >= 0.3 is 5.97 Å². The number of aliphatic hydroxyl groups excluding tert-OH is 2. The van der Waals surface area contributed by atoms with E-state index < -0.39 is 103 Å². The molecule has 0 saturated carbocycles. The van der Waals surface area contributed by atoms with Gasteiger partial charge in [0.05, 0.1) is 25.8 Å². The molecule has 0 fully saturated rings. The van der Waals surface area contributed by atoms with Crippen molar-refractivity contribution >= 4 is 47.3 Å². The van der Waals surface area contributed by atoms with E-state index in [0.717, 1.165) is 0 Å². The Morgan fingerprint density at radius 2 is 1.18 bits per heavy atom. The lowest BCUT2D eigenvalue weighted by atomic mass is 10.0. The number of nitrogens with one attached hydrogen (secondary N) is 6. The number of primary amides is 1. The van der Waals surface area contributed by atoms with Gasteiger partial charge < -0.3 is 58.7 Å². The molecule has 13 N–H and O–H groups in total. The Kier molecular flexibility index (Phi) is 17.8. The molecule has 0 unspecified atom stereocenters. The molecule has 0 aromatic carbocycles. The minimum atomic E-state index is -1.69. The topological polar surface area (TPSA) is 321 Å². The molecule has 0 aromatic rings. The van der Waals surface area contributed by atoms with E-state index in [1.165, 1.54) is 13.8 Å². The molecule has 0 heterocycles. The molecule has 19 heteroatoms. The summed E-state index contributed by atoms with van der Waals surface area (Å²) < 4.78 is 0. The molecule has 250 valence electrons. The van der Waals surface area contributed by atoms with E-state index in [9.17, 15) is 48.6 Å². The van der Waals surface area contributed by atoms with Crippen LogP contribution in [0, 0.1) is 5.92 Å². The van der Waals surface area contributed by atoms with Gasteiger partial charge in [0, 0.05) is 6.42 Å². The first-order valence-electron chi connectivity index (χ1n) is 13.7. The van der Waals surface area contributed by atoms with Crippen molar-refractivity contribution in [2.24, 2.45) is 17.4 Å². The number of aliphatic carboxylic acids is 1. The van der Waals surface area contributed by atoms with Gasteiger partial charge in [0.1, 0.15) is 30.2 Å². The molecule has 0 aromatic heterocycles. The second kappa shape index (κ2) is 19.8. The van der Waals surface area contributed by atoms with Crippen molar-refractivity contribution in [3.05, 3.63) is 0 Å². The largest absolute Gasteiger partial charge is 0.480 e. The van der Waals surface area contributed by atoms with Crippen LogP contribution in [-0.2, 0) is 38.4 Å². The Morgan fingerprint density at radius 1 is 0.659 bits per heavy atom. The maximum Gasteiger partial charge on any atom is 0.328 e. The van der Waals surface area contributed by atoms with E-state index in [0.29, 0.717) is 0 Å². The lowest BCUT2D eigenvalue weighted by Crippen LogP contribution is -2.58. The zero-order valence-electron chi connectivity index (χ0n) is 25.0. The molecule has 0 saturated heterocycles. The van der Waals surface area contributed by atoms with Gasteiger partial charge in [0.2, 0.25) is 41.4 Å². The Morgan fingerprint density at radius 3 is 1.66 bits per heavy atom. The van der Waals surface area contributed by atoms with Crippen LogP contribution in [-0.4, -0.2) is 119 Å². The summed E-state index contributed by atoms with van der Waals surface area (Å²) in [5.74, 6) is -7.65. The summed E-state index contributed by atoms with van der Waals surface area (Å²) in [7, 11) is 0. The third kappa shape index (κ3) is 15.2. The number of hydrogen-bond donors (Lipinski definition) is 11. The van der Waals surface area contributed by atoms with Crippen LogP contribution in [0.1, 0.15) is 47.0 Å². The summed E-state index contributed by atoms with van der Waals surface area (Å²) in [5.41, 5.74) is 10.6. The number of amides is 7. The molecule has 0 aliphatic carbocycles. The number of carbonyl (C=O) groups is 8. The molecule has 19 nitrogen and oxygen atoms in total. The fraction of sp³-hybridized carbons (Fsp3) is 0.680. The first-order valence-corrected chi connectivity index (χ1v) is 13.7. The second-order valence-electron chi connectivity index (χ2n) is 10.4. The average Bonchev–Trinajstić information content (AvgIpc) is 2.93. The minimum Gasteiger partial charge on any atom is -0.480 e. The van der Waals surface area contributed by atoms with Crippen LogP contribution < -0.4 is 43.4 Å². The number of nitrogens with two attached hydrogens (primary N) is 2. The van der Waals surface area contributed by atoms with Gasteiger partial charge in [-0.25, -0.2) is 4.79 Å². The number of carboxylic acids is 1. The van der Waals surface area contributed by atoms with E-state index >= 15 is 0 Å². The van der Waals surface area contributed by atoms with E-state index in [-0.39, 0.29) is 25.2 Å². The predicted molar refractivity (Wildman–Crippen MR) is 152 cm³/mol. The van der Waals surface area contributed by atoms with Crippen LogP contribution >= 0.6 is 0 Å². The smallest absolute Gasteiger partial charge is 0.328 e. The van der Waals surface area contributed by atoms with Gasteiger partial charge in [-0.05, 0) is 32.6 Å². The molecule has 6 atom stereocenters. The Balaban J connectivity index is 5.41. The average molecular weight is 633 g/mol. The molecule has 0 bridgehead atoms. The summed E-state index contributed by atoms with van der Waals surface area (Å²) in [4.78, 5) is 97.2. The summed E-state index contributed by atoms with van der Waals surface area (Å²) in [6, 6.07) is -7.87. The minimum absolute atomic E-state index is 0.0599. The maximum absolute atomic E-state index is 13.1. The van der Waals surface area contributed by atoms with E-state index in [1.54, 1.807) is 13.8 Å². The van der Waals surface area contributed by atoms with Crippen molar-refractivity contribution < 1.29 is 53.7 Å². The standard InChI is InChI=1S/C25H44N8O11/c1-11(2)7-15(24(42)31-14(5-6-18(27)36)23(41)33-17(10-35)25(43)44)30-19(37)8-28-22(40)16(9-34)32-21(39)13(4)29-20(38)12(3)26/h11-17,34-35H,5-10,26H2,1-4H3,(H2,27,36)(H,28,40)(H,29,38)(H,30,37)(H,31,42)(H,32,39)(H,33,41)(H,43,44)/t12-,13-,14-,15-,16-,17-/m0/s1. The third-order valence-corrected chi connectivity index (χ3v) is 5.87. The molecular formula is C25H44N8O11. The lowest BCUT2D eigenvalue weighted by molar-refractivity contribution is -0.143. The Labute approximate surface area is 253 Å². The van der Waals surface area contributed by atoms with Crippen LogP contribution in [0.25, 0.3) is 0 Å². The summed E-state index contributed by atoms with van der Waals surface area (Å²) in [6.45, 7) is 3.71. The van der Waals surface area contributed by atoms with E-state index in [4.69, 9.17) is 16.6 Å². The molecule has 0 spiro atoms. The number of carboxylic acid groups (broad SMARTS) is 1. The molecule has 44 heavy (non-hydrogen) atoms.